The third-order valence-electron chi connectivity index (χ3n) is 6.95. The number of benzene rings is 3. The van der Waals surface area contributed by atoms with Gasteiger partial charge in [0.1, 0.15) is 17.5 Å². The molecule has 2 heterocycles. The SMILES string of the molecule is CN(C1CCN(Cc2ccc(F)cc2)CC1)S(=O)(=O)c1ccc(Nc2nccc(Nc3ccc(F)cc3)n2)cc1. The number of rotatable bonds is 9. The van der Waals surface area contributed by atoms with Gasteiger partial charge in [-0.3, -0.25) is 4.90 Å². The molecule has 1 fully saturated rings. The quantitative estimate of drug-likeness (QED) is 0.276. The molecule has 208 valence electrons. The average Bonchev–Trinajstić information content (AvgIpc) is 2.96. The Morgan fingerprint density at radius 3 is 2.08 bits per heavy atom. The van der Waals surface area contributed by atoms with Crippen LogP contribution in [-0.4, -0.2) is 53.8 Å². The van der Waals surface area contributed by atoms with Crippen molar-refractivity contribution in [1.29, 1.82) is 0 Å². The van der Waals surface area contributed by atoms with Gasteiger partial charge >= 0.3 is 0 Å². The standard InChI is InChI=1S/C29H30F2N6O2S/c1-36(26-15-18-37(19-16-26)20-21-2-4-22(30)5-3-21)40(38,39)27-12-10-25(11-13-27)34-29-32-17-14-28(35-29)33-24-8-6-23(31)7-9-24/h2-14,17,26H,15-16,18-20H2,1H3,(H2,32,33,34,35). The van der Waals surface area contributed by atoms with E-state index in [2.05, 4.69) is 25.5 Å². The van der Waals surface area contributed by atoms with Crippen molar-refractivity contribution < 1.29 is 17.2 Å². The number of anilines is 4. The Balaban J connectivity index is 1.17. The summed E-state index contributed by atoms with van der Waals surface area (Å²) in [5.41, 5.74) is 2.36. The maximum absolute atomic E-state index is 13.3. The minimum absolute atomic E-state index is 0.1000. The zero-order chi connectivity index (χ0) is 28.1. The molecular weight excluding hydrogens is 534 g/mol. The molecule has 0 radical (unpaired) electrons. The molecule has 1 aromatic heterocycles. The second-order valence-electron chi connectivity index (χ2n) is 9.70. The van der Waals surface area contributed by atoms with E-state index in [0.29, 0.717) is 29.7 Å². The number of halogens is 2. The highest BCUT2D eigenvalue weighted by Crippen LogP contribution is 2.25. The van der Waals surface area contributed by atoms with Gasteiger partial charge in [0.15, 0.2) is 0 Å². The van der Waals surface area contributed by atoms with Gasteiger partial charge in [-0.25, -0.2) is 22.2 Å². The summed E-state index contributed by atoms with van der Waals surface area (Å²) < 4.78 is 54.5. The van der Waals surface area contributed by atoms with E-state index < -0.39 is 10.0 Å². The number of piperidine rings is 1. The van der Waals surface area contributed by atoms with E-state index in [-0.39, 0.29) is 22.6 Å². The van der Waals surface area contributed by atoms with Crippen LogP contribution in [0.15, 0.2) is 90.0 Å². The molecule has 0 aliphatic carbocycles. The third kappa shape index (κ3) is 6.79. The number of aromatic nitrogens is 2. The van der Waals surface area contributed by atoms with Gasteiger partial charge in [-0.1, -0.05) is 12.1 Å². The molecule has 1 aliphatic rings. The molecule has 8 nitrogen and oxygen atoms in total. The zero-order valence-electron chi connectivity index (χ0n) is 22.0. The van der Waals surface area contributed by atoms with Crippen LogP contribution in [0.25, 0.3) is 0 Å². The summed E-state index contributed by atoms with van der Waals surface area (Å²) in [6.45, 7) is 2.24. The van der Waals surface area contributed by atoms with Crippen molar-refractivity contribution in [1.82, 2.24) is 19.2 Å². The van der Waals surface area contributed by atoms with Crippen LogP contribution < -0.4 is 10.6 Å². The largest absolute Gasteiger partial charge is 0.340 e. The molecular formula is C29H30F2N6O2S. The van der Waals surface area contributed by atoms with Crippen LogP contribution in [0.5, 0.6) is 0 Å². The van der Waals surface area contributed by atoms with E-state index >= 15 is 0 Å². The van der Waals surface area contributed by atoms with E-state index in [9.17, 15) is 17.2 Å². The molecule has 1 aliphatic heterocycles. The molecule has 0 saturated carbocycles. The molecule has 0 spiro atoms. The summed E-state index contributed by atoms with van der Waals surface area (Å²) in [5.74, 6) is 0.272. The predicted molar refractivity (Wildman–Crippen MR) is 151 cm³/mol. The lowest BCUT2D eigenvalue weighted by Gasteiger charge is -2.36. The highest BCUT2D eigenvalue weighted by atomic mass is 32.2. The monoisotopic (exact) mass is 564 g/mol. The van der Waals surface area contributed by atoms with Crippen LogP contribution in [0.3, 0.4) is 0 Å². The van der Waals surface area contributed by atoms with Crippen molar-refractivity contribution in [2.45, 2.75) is 30.3 Å². The maximum atomic E-state index is 13.3. The van der Waals surface area contributed by atoms with Crippen molar-refractivity contribution in [3.05, 3.63) is 102 Å². The maximum Gasteiger partial charge on any atom is 0.243 e. The van der Waals surface area contributed by atoms with Gasteiger partial charge in [0.2, 0.25) is 16.0 Å². The molecule has 0 unspecified atom stereocenters. The van der Waals surface area contributed by atoms with Crippen molar-refractivity contribution in [2.24, 2.45) is 0 Å². The van der Waals surface area contributed by atoms with Crippen molar-refractivity contribution in [3.8, 4) is 0 Å². The molecule has 4 aromatic rings. The number of likely N-dealkylation sites (tertiary alicyclic amines) is 1. The average molecular weight is 565 g/mol. The Bertz CT molecular complexity index is 1530. The summed E-state index contributed by atoms with van der Waals surface area (Å²) in [6.07, 6.45) is 3.02. The molecule has 11 heteroatoms. The van der Waals surface area contributed by atoms with Gasteiger partial charge in [-0.05, 0) is 85.1 Å². The highest BCUT2D eigenvalue weighted by Gasteiger charge is 2.30. The summed E-state index contributed by atoms with van der Waals surface area (Å²) >= 11 is 0. The number of hydrogen-bond donors (Lipinski definition) is 2. The highest BCUT2D eigenvalue weighted by molar-refractivity contribution is 7.89. The van der Waals surface area contributed by atoms with Crippen LogP contribution >= 0.6 is 0 Å². The normalized spacial score (nSPS) is 14.8. The fourth-order valence-corrected chi connectivity index (χ4v) is 6.08. The fourth-order valence-electron chi connectivity index (χ4n) is 4.66. The lowest BCUT2D eigenvalue weighted by Crippen LogP contribution is -2.45. The summed E-state index contributed by atoms with van der Waals surface area (Å²) in [4.78, 5) is 11.1. The van der Waals surface area contributed by atoms with Crippen LogP contribution in [0, 0.1) is 11.6 Å². The zero-order valence-corrected chi connectivity index (χ0v) is 22.8. The minimum Gasteiger partial charge on any atom is -0.340 e. The first-order chi connectivity index (χ1) is 19.3. The first-order valence-corrected chi connectivity index (χ1v) is 14.4. The van der Waals surface area contributed by atoms with Gasteiger partial charge in [-0.2, -0.15) is 9.29 Å². The fraction of sp³-hybridized carbons (Fsp3) is 0.241. The molecule has 3 aromatic carbocycles. The summed E-state index contributed by atoms with van der Waals surface area (Å²) in [6, 6.07) is 20.5. The number of hydrogen-bond acceptors (Lipinski definition) is 7. The Labute approximate surface area is 232 Å². The van der Waals surface area contributed by atoms with Gasteiger partial charge in [0, 0.05) is 50.3 Å². The Kier molecular flexibility index (Phi) is 8.34. The molecule has 5 rings (SSSR count). The van der Waals surface area contributed by atoms with Gasteiger partial charge in [0.25, 0.3) is 0 Å². The molecule has 0 atom stereocenters. The van der Waals surface area contributed by atoms with Gasteiger partial charge in [-0.15, -0.1) is 0 Å². The molecule has 0 bridgehead atoms. The van der Waals surface area contributed by atoms with Crippen molar-refractivity contribution in [3.63, 3.8) is 0 Å². The third-order valence-corrected chi connectivity index (χ3v) is 8.87. The van der Waals surface area contributed by atoms with E-state index in [4.69, 9.17) is 0 Å². The van der Waals surface area contributed by atoms with E-state index in [1.165, 1.54) is 28.6 Å². The second-order valence-corrected chi connectivity index (χ2v) is 11.7. The molecule has 40 heavy (non-hydrogen) atoms. The predicted octanol–water partition coefficient (Wildman–Crippen LogP) is 5.53. The summed E-state index contributed by atoms with van der Waals surface area (Å²) in [7, 11) is -2.04. The second kappa shape index (κ2) is 12.1. The Morgan fingerprint density at radius 1 is 0.850 bits per heavy atom. The molecule has 1 saturated heterocycles. The molecule has 0 amide bonds. The summed E-state index contributed by atoms with van der Waals surface area (Å²) in [5, 5.41) is 6.17. The lowest BCUT2D eigenvalue weighted by atomic mass is 10.0. The van der Waals surface area contributed by atoms with E-state index in [1.807, 2.05) is 0 Å². The Morgan fingerprint density at radius 2 is 1.43 bits per heavy atom. The van der Waals surface area contributed by atoms with E-state index in [0.717, 1.165) is 31.5 Å². The van der Waals surface area contributed by atoms with Gasteiger partial charge in [0.05, 0.1) is 4.90 Å². The Hall–Kier alpha value is -3.93. The first-order valence-electron chi connectivity index (χ1n) is 12.9. The van der Waals surface area contributed by atoms with E-state index in [1.54, 1.807) is 67.8 Å². The van der Waals surface area contributed by atoms with Crippen LogP contribution in [-0.2, 0) is 16.6 Å². The smallest absolute Gasteiger partial charge is 0.243 e. The van der Waals surface area contributed by atoms with Gasteiger partial charge < -0.3 is 10.6 Å². The van der Waals surface area contributed by atoms with Crippen LogP contribution in [0.1, 0.15) is 18.4 Å². The molecule has 2 N–H and O–H groups in total. The van der Waals surface area contributed by atoms with Crippen LogP contribution in [0.2, 0.25) is 0 Å². The van der Waals surface area contributed by atoms with Crippen molar-refractivity contribution >= 4 is 33.2 Å². The minimum atomic E-state index is -3.68. The number of nitrogens with one attached hydrogen (secondary N) is 2. The number of sulfonamides is 1. The van der Waals surface area contributed by atoms with Crippen molar-refractivity contribution in [2.75, 3.05) is 30.8 Å². The van der Waals surface area contributed by atoms with Crippen LogP contribution in [0.4, 0.5) is 31.9 Å². The first kappa shape index (κ1) is 27.6. The lowest BCUT2D eigenvalue weighted by molar-refractivity contribution is 0.164. The topological polar surface area (TPSA) is 90.5 Å². The number of nitrogens with zero attached hydrogens (tertiary/aromatic N) is 4.